The number of hydrogen-bond donors (Lipinski definition) is 1. The van der Waals surface area contributed by atoms with Crippen LogP contribution in [0.15, 0.2) is 54.6 Å². The molecule has 1 saturated carbocycles. The van der Waals surface area contributed by atoms with Gasteiger partial charge in [0.15, 0.2) is 0 Å². The lowest BCUT2D eigenvalue weighted by atomic mass is 10.0. The Morgan fingerprint density at radius 1 is 1.04 bits per heavy atom. The first-order chi connectivity index (χ1) is 13.7. The molecule has 0 radical (unpaired) electrons. The average Bonchev–Trinajstić information content (AvgIpc) is 3.54. The predicted octanol–water partition coefficient (Wildman–Crippen LogP) is 4.13. The van der Waals surface area contributed by atoms with Gasteiger partial charge in [0.05, 0.1) is 0 Å². The largest absolute Gasteiger partial charge is 0.371 e. The predicted molar refractivity (Wildman–Crippen MR) is 114 cm³/mol. The van der Waals surface area contributed by atoms with E-state index in [1.165, 1.54) is 30.5 Å². The average molecular weight is 378 g/mol. The van der Waals surface area contributed by atoms with Gasteiger partial charge in [0.2, 0.25) is 5.91 Å². The summed E-state index contributed by atoms with van der Waals surface area (Å²) >= 11 is 0. The smallest absolute Gasteiger partial charge is 0.242 e. The fraction of sp³-hybridized carbons (Fsp3) is 0.458. The maximum absolute atomic E-state index is 13.0. The Hall–Kier alpha value is -2.33. The van der Waals surface area contributed by atoms with Gasteiger partial charge >= 0.3 is 0 Å². The van der Waals surface area contributed by atoms with Crippen molar-refractivity contribution in [3.63, 3.8) is 0 Å². The molecule has 2 aromatic carbocycles. The summed E-state index contributed by atoms with van der Waals surface area (Å²) in [6, 6.07) is 18.9. The van der Waals surface area contributed by atoms with Gasteiger partial charge in [0, 0.05) is 31.4 Å². The minimum absolute atomic E-state index is 0.117. The van der Waals surface area contributed by atoms with Crippen LogP contribution in [0.4, 0.5) is 5.69 Å². The quantitative estimate of drug-likeness (QED) is 0.788. The summed E-state index contributed by atoms with van der Waals surface area (Å²) < 4.78 is 0. The van der Waals surface area contributed by atoms with E-state index in [4.69, 9.17) is 0 Å². The van der Waals surface area contributed by atoms with Crippen molar-refractivity contribution < 1.29 is 4.79 Å². The van der Waals surface area contributed by atoms with Gasteiger partial charge in [0.1, 0.15) is 6.04 Å². The molecule has 0 bridgehead atoms. The van der Waals surface area contributed by atoms with E-state index < -0.39 is 0 Å². The number of anilines is 1. The van der Waals surface area contributed by atoms with Gasteiger partial charge in [-0.25, -0.2) is 0 Å². The molecular formula is C24H31N3O. The number of hydrogen-bond acceptors (Lipinski definition) is 3. The lowest BCUT2D eigenvalue weighted by Gasteiger charge is -2.33. The van der Waals surface area contributed by atoms with Crippen LogP contribution in [0.1, 0.15) is 49.3 Å². The fourth-order valence-electron chi connectivity index (χ4n) is 4.20. The van der Waals surface area contributed by atoms with Crippen LogP contribution in [0.5, 0.6) is 0 Å². The molecule has 0 unspecified atom stereocenters. The number of nitrogens with zero attached hydrogens (tertiary/aromatic N) is 2. The van der Waals surface area contributed by atoms with Crippen LogP contribution in [-0.4, -0.2) is 37.0 Å². The Labute approximate surface area is 168 Å². The second-order valence-corrected chi connectivity index (χ2v) is 8.19. The summed E-state index contributed by atoms with van der Waals surface area (Å²) in [7, 11) is 2.07. The summed E-state index contributed by atoms with van der Waals surface area (Å²) in [6.45, 7) is 3.01. The molecule has 4 heteroatoms. The molecule has 1 aliphatic heterocycles. The van der Waals surface area contributed by atoms with E-state index in [9.17, 15) is 4.79 Å². The number of nitrogens with one attached hydrogen (secondary N) is 1. The maximum atomic E-state index is 13.0. The van der Waals surface area contributed by atoms with Crippen molar-refractivity contribution in [3.8, 4) is 0 Å². The molecule has 1 aliphatic carbocycles. The van der Waals surface area contributed by atoms with E-state index in [-0.39, 0.29) is 11.9 Å². The van der Waals surface area contributed by atoms with Crippen molar-refractivity contribution in [2.45, 2.75) is 50.7 Å². The summed E-state index contributed by atoms with van der Waals surface area (Å²) in [5.74, 6) is 0.117. The van der Waals surface area contributed by atoms with Crippen molar-refractivity contribution in [3.05, 3.63) is 65.7 Å². The molecule has 1 N–H and O–H groups in total. The van der Waals surface area contributed by atoms with Gasteiger partial charge < -0.3 is 10.2 Å². The molecule has 2 fully saturated rings. The summed E-state index contributed by atoms with van der Waals surface area (Å²) in [4.78, 5) is 17.7. The molecule has 2 aromatic rings. The van der Waals surface area contributed by atoms with Gasteiger partial charge in [-0.15, -0.1) is 0 Å². The molecular weight excluding hydrogens is 346 g/mol. The SMILES string of the molecule is CN(Cc1ccccc1N1CCCCC1)[C@H](C(=O)NC1CC1)c1ccccc1. The Kier molecular flexibility index (Phi) is 5.96. The second-order valence-electron chi connectivity index (χ2n) is 8.19. The third-order valence-electron chi connectivity index (χ3n) is 5.84. The van der Waals surface area contributed by atoms with E-state index >= 15 is 0 Å². The Balaban J connectivity index is 1.56. The van der Waals surface area contributed by atoms with E-state index in [0.29, 0.717) is 6.04 Å². The summed E-state index contributed by atoms with van der Waals surface area (Å²) in [6.07, 6.45) is 6.07. The van der Waals surface area contributed by atoms with E-state index in [1.807, 2.05) is 18.2 Å². The van der Waals surface area contributed by atoms with Crippen LogP contribution in [-0.2, 0) is 11.3 Å². The molecule has 1 atom stereocenters. The first-order valence-electron chi connectivity index (χ1n) is 10.6. The number of rotatable bonds is 7. The first kappa shape index (κ1) is 19.0. The Morgan fingerprint density at radius 2 is 1.71 bits per heavy atom. The topological polar surface area (TPSA) is 35.6 Å². The highest BCUT2D eigenvalue weighted by atomic mass is 16.2. The van der Waals surface area contributed by atoms with Crippen molar-refractivity contribution in [1.29, 1.82) is 0 Å². The van der Waals surface area contributed by atoms with Crippen LogP contribution in [0, 0.1) is 0 Å². The number of amides is 1. The summed E-state index contributed by atoms with van der Waals surface area (Å²) in [5, 5.41) is 3.21. The molecule has 28 heavy (non-hydrogen) atoms. The van der Waals surface area contributed by atoms with Crippen LogP contribution in [0.2, 0.25) is 0 Å². The van der Waals surface area contributed by atoms with Gasteiger partial charge in [-0.3, -0.25) is 9.69 Å². The van der Waals surface area contributed by atoms with Crippen LogP contribution in [0.25, 0.3) is 0 Å². The van der Waals surface area contributed by atoms with Crippen LogP contribution in [0.3, 0.4) is 0 Å². The Morgan fingerprint density at radius 3 is 2.43 bits per heavy atom. The molecule has 4 nitrogen and oxygen atoms in total. The molecule has 1 amide bonds. The van der Waals surface area contributed by atoms with Crippen LogP contribution < -0.4 is 10.2 Å². The number of likely N-dealkylation sites (N-methyl/N-ethyl adjacent to an activating group) is 1. The van der Waals surface area contributed by atoms with E-state index in [0.717, 1.165) is 38.0 Å². The third kappa shape index (κ3) is 4.56. The minimum atomic E-state index is -0.267. The highest BCUT2D eigenvalue weighted by molar-refractivity contribution is 5.83. The Bertz CT molecular complexity index is 781. The van der Waals surface area contributed by atoms with Crippen LogP contribution >= 0.6 is 0 Å². The maximum Gasteiger partial charge on any atom is 0.242 e. The number of benzene rings is 2. The minimum Gasteiger partial charge on any atom is -0.371 e. The second kappa shape index (κ2) is 8.78. The molecule has 4 rings (SSSR count). The molecule has 0 spiro atoms. The standard InChI is InChI=1S/C24H31N3O/c1-26(18-20-12-6-7-13-22(20)27-16-8-3-9-17-27)23(19-10-4-2-5-11-19)24(28)25-21-14-15-21/h2,4-7,10-13,21,23H,3,8-9,14-18H2,1H3,(H,25,28)/t23-/m0/s1. The number of carbonyl (C=O) groups is 1. The molecule has 148 valence electrons. The number of piperidine rings is 1. The van der Waals surface area contributed by atoms with Gasteiger partial charge in [-0.1, -0.05) is 48.5 Å². The monoisotopic (exact) mass is 377 g/mol. The summed E-state index contributed by atoms with van der Waals surface area (Å²) in [5.41, 5.74) is 3.68. The van der Waals surface area contributed by atoms with Crippen molar-refractivity contribution in [1.82, 2.24) is 10.2 Å². The zero-order valence-electron chi connectivity index (χ0n) is 16.8. The molecule has 1 heterocycles. The fourth-order valence-corrected chi connectivity index (χ4v) is 4.20. The van der Waals surface area contributed by atoms with Crippen molar-refractivity contribution in [2.75, 3.05) is 25.0 Å². The van der Waals surface area contributed by atoms with Gasteiger partial charge in [-0.2, -0.15) is 0 Å². The number of carbonyl (C=O) groups excluding carboxylic acids is 1. The number of para-hydroxylation sites is 1. The third-order valence-corrected chi connectivity index (χ3v) is 5.84. The highest BCUT2D eigenvalue weighted by Crippen LogP contribution is 2.29. The molecule has 2 aliphatic rings. The van der Waals surface area contributed by atoms with Crippen molar-refractivity contribution >= 4 is 11.6 Å². The lowest BCUT2D eigenvalue weighted by molar-refractivity contribution is -0.126. The zero-order valence-corrected chi connectivity index (χ0v) is 16.8. The zero-order chi connectivity index (χ0) is 19.3. The van der Waals surface area contributed by atoms with E-state index in [1.54, 1.807) is 0 Å². The normalized spacial score (nSPS) is 18.1. The lowest BCUT2D eigenvalue weighted by Crippen LogP contribution is -2.39. The molecule has 0 aromatic heterocycles. The van der Waals surface area contributed by atoms with Gasteiger partial charge in [0.25, 0.3) is 0 Å². The van der Waals surface area contributed by atoms with Gasteiger partial charge in [-0.05, 0) is 56.3 Å². The van der Waals surface area contributed by atoms with E-state index in [2.05, 4.69) is 58.6 Å². The molecule has 1 saturated heterocycles. The van der Waals surface area contributed by atoms with Crippen molar-refractivity contribution in [2.24, 2.45) is 0 Å². The first-order valence-corrected chi connectivity index (χ1v) is 10.6. The highest BCUT2D eigenvalue weighted by Gasteiger charge is 2.31.